The van der Waals surface area contributed by atoms with Crippen molar-refractivity contribution in [3.8, 4) is 11.5 Å². The fourth-order valence-electron chi connectivity index (χ4n) is 1.50. The fourth-order valence-corrected chi connectivity index (χ4v) is 2.01. The highest BCUT2D eigenvalue weighted by atomic mass is 32.1. The molecular weight excluding hydrogens is 236 g/mol. The van der Waals surface area contributed by atoms with Crippen LogP contribution in [-0.2, 0) is 13.2 Å². The maximum atomic E-state index is 5.76. The Labute approximate surface area is 104 Å². The minimum absolute atomic E-state index is 0.426. The Balaban J connectivity index is 2.18. The van der Waals surface area contributed by atoms with Crippen molar-refractivity contribution in [2.45, 2.75) is 13.2 Å². The first-order valence-electron chi connectivity index (χ1n) is 5.21. The van der Waals surface area contributed by atoms with Crippen LogP contribution in [0.25, 0.3) is 0 Å². The van der Waals surface area contributed by atoms with Crippen molar-refractivity contribution in [1.82, 2.24) is 4.98 Å². The van der Waals surface area contributed by atoms with Crippen molar-refractivity contribution in [3.63, 3.8) is 0 Å². The third-order valence-corrected chi connectivity index (χ3v) is 3.10. The molecule has 1 aromatic carbocycles. The predicted octanol–water partition coefficient (Wildman–Crippen LogP) is 2.19. The van der Waals surface area contributed by atoms with E-state index in [2.05, 4.69) is 4.98 Å². The van der Waals surface area contributed by atoms with Crippen LogP contribution in [0.3, 0.4) is 0 Å². The molecule has 1 aromatic heterocycles. The van der Waals surface area contributed by atoms with Gasteiger partial charge in [0, 0.05) is 18.3 Å². The lowest BCUT2D eigenvalue weighted by atomic mass is 10.2. The first-order valence-corrected chi connectivity index (χ1v) is 6.09. The first kappa shape index (κ1) is 11.9. The van der Waals surface area contributed by atoms with Crippen LogP contribution in [-0.4, -0.2) is 12.1 Å². The van der Waals surface area contributed by atoms with Crippen LogP contribution in [0.2, 0.25) is 0 Å². The highest BCUT2D eigenvalue weighted by Crippen LogP contribution is 2.31. The van der Waals surface area contributed by atoms with Crippen molar-refractivity contribution >= 4 is 11.3 Å². The zero-order valence-electron chi connectivity index (χ0n) is 9.55. The van der Waals surface area contributed by atoms with Crippen LogP contribution in [0.1, 0.15) is 10.4 Å². The minimum atomic E-state index is 0.426. The van der Waals surface area contributed by atoms with Crippen LogP contribution in [0.15, 0.2) is 29.9 Å². The molecule has 0 fully saturated rings. The van der Waals surface area contributed by atoms with Crippen molar-refractivity contribution in [2.75, 3.05) is 7.11 Å². The summed E-state index contributed by atoms with van der Waals surface area (Å²) in [5.41, 5.74) is 8.40. The number of hydrogen-bond donors (Lipinski definition) is 1. The van der Waals surface area contributed by atoms with Gasteiger partial charge < -0.3 is 15.2 Å². The van der Waals surface area contributed by atoms with E-state index in [1.54, 1.807) is 30.2 Å². The summed E-state index contributed by atoms with van der Waals surface area (Å²) in [5, 5.41) is 0. The van der Waals surface area contributed by atoms with Crippen LogP contribution in [0.5, 0.6) is 11.5 Å². The van der Waals surface area contributed by atoms with Gasteiger partial charge in [0.1, 0.15) is 6.61 Å². The van der Waals surface area contributed by atoms with E-state index in [1.165, 1.54) is 0 Å². The molecule has 2 N–H and O–H groups in total. The Bertz CT molecular complexity index is 449. The maximum absolute atomic E-state index is 5.76. The van der Waals surface area contributed by atoms with Gasteiger partial charge in [-0.3, -0.25) is 4.98 Å². The Kier molecular flexibility index (Phi) is 3.95. The molecule has 2 rings (SSSR count). The number of aromatic nitrogens is 1. The molecular formula is C12H14N2O2S. The van der Waals surface area contributed by atoms with Crippen molar-refractivity contribution in [3.05, 3.63) is 40.3 Å². The molecule has 4 nitrogen and oxygen atoms in total. The molecule has 0 bridgehead atoms. The number of methoxy groups -OCH3 is 1. The third kappa shape index (κ3) is 2.75. The number of hydrogen-bond acceptors (Lipinski definition) is 5. The van der Waals surface area contributed by atoms with Crippen molar-refractivity contribution < 1.29 is 9.47 Å². The summed E-state index contributed by atoms with van der Waals surface area (Å²) in [6.07, 6.45) is 1.79. The summed E-state index contributed by atoms with van der Waals surface area (Å²) < 4.78 is 11.0. The van der Waals surface area contributed by atoms with Crippen LogP contribution in [0.4, 0.5) is 0 Å². The summed E-state index contributed by atoms with van der Waals surface area (Å²) >= 11 is 1.56. The number of ether oxygens (including phenoxy) is 2. The van der Waals surface area contributed by atoms with Crippen molar-refractivity contribution in [1.29, 1.82) is 0 Å². The van der Waals surface area contributed by atoms with E-state index < -0.39 is 0 Å². The van der Waals surface area contributed by atoms with E-state index in [9.17, 15) is 0 Å². The molecule has 0 saturated carbocycles. The van der Waals surface area contributed by atoms with Gasteiger partial charge in [-0.05, 0) is 6.07 Å². The number of nitrogens with zero attached hydrogens (tertiary/aromatic N) is 1. The van der Waals surface area contributed by atoms with Crippen molar-refractivity contribution in [2.24, 2.45) is 5.73 Å². The summed E-state index contributed by atoms with van der Waals surface area (Å²) in [7, 11) is 1.62. The van der Waals surface area contributed by atoms with Gasteiger partial charge in [-0.2, -0.15) is 0 Å². The van der Waals surface area contributed by atoms with Gasteiger partial charge >= 0.3 is 0 Å². The van der Waals surface area contributed by atoms with E-state index in [0.29, 0.717) is 24.7 Å². The molecule has 0 unspecified atom stereocenters. The summed E-state index contributed by atoms with van der Waals surface area (Å²) in [6, 6.07) is 5.70. The molecule has 5 heteroatoms. The molecule has 0 atom stereocenters. The lowest BCUT2D eigenvalue weighted by molar-refractivity contribution is 0.284. The highest BCUT2D eigenvalue weighted by Gasteiger charge is 2.09. The van der Waals surface area contributed by atoms with Gasteiger partial charge in [0.15, 0.2) is 11.5 Å². The Morgan fingerprint density at radius 3 is 2.94 bits per heavy atom. The molecule has 17 heavy (non-hydrogen) atoms. The fraction of sp³-hybridized carbons (Fsp3) is 0.250. The number of benzene rings is 1. The molecule has 0 radical (unpaired) electrons. The van der Waals surface area contributed by atoms with Gasteiger partial charge in [-0.15, -0.1) is 11.3 Å². The molecule has 0 aliphatic rings. The zero-order chi connectivity index (χ0) is 12.1. The molecule has 0 saturated heterocycles. The monoisotopic (exact) mass is 250 g/mol. The predicted molar refractivity (Wildman–Crippen MR) is 67.3 cm³/mol. The normalized spacial score (nSPS) is 10.2. The largest absolute Gasteiger partial charge is 0.493 e. The second kappa shape index (κ2) is 5.65. The summed E-state index contributed by atoms with van der Waals surface area (Å²) in [6.45, 7) is 0.910. The molecule has 2 aromatic rings. The Morgan fingerprint density at radius 2 is 2.29 bits per heavy atom. The smallest absolute Gasteiger partial charge is 0.166 e. The Hall–Kier alpha value is -1.59. The maximum Gasteiger partial charge on any atom is 0.166 e. The van der Waals surface area contributed by atoms with E-state index in [4.69, 9.17) is 15.2 Å². The van der Waals surface area contributed by atoms with E-state index in [-0.39, 0.29) is 0 Å². The van der Waals surface area contributed by atoms with Crippen LogP contribution in [0, 0.1) is 0 Å². The number of para-hydroxylation sites is 1. The minimum Gasteiger partial charge on any atom is -0.493 e. The molecule has 0 spiro atoms. The lowest BCUT2D eigenvalue weighted by Gasteiger charge is -2.13. The Morgan fingerprint density at radius 1 is 1.41 bits per heavy atom. The standard InChI is InChI=1S/C12H14N2O2S/c1-15-11-4-2-3-9(5-13)12(11)16-7-10-6-14-8-17-10/h2-4,6,8H,5,7,13H2,1H3. The average molecular weight is 250 g/mol. The van der Waals surface area contributed by atoms with E-state index >= 15 is 0 Å². The topological polar surface area (TPSA) is 57.4 Å². The molecule has 0 aliphatic heterocycles. The second-order valence-corrected chi connectivity index (χ2v) is 4.38. The summed E-state index contributed by atoms with van der Waals surface area (Å²) in [4.78, 5) is 5.07. The quantitative estimate of drug-likeness (QED) is 0.883. The van der Waals surface area contributed by atoms with Gasteiger partial charge in [-0.25, -0.2) is 0 Å². The molecule has 0 aliphatic carbocycles. The van der Waals surface area contributed by atoms with Gasteiger partial charge in [0.2, 0.25) is 0 Å². The average Bonchev–Trinajstić information content (AvgIpc) is 2.88. The van der Waals surface area contributed by atoms with Gasteiger partial charge in [-0.1, -0.05) is 12.1 Å². The third-order valence-electron chi connectivity index (χ3n) is 2.34. The number of nitrogens with two attached hydrogens (primary N) is 1. The SMILES string of the molecule is COc1cccc(CN)c1OCc1cncs1. The lowest BCUT2D eigenvalue weighted by Crippen LogP contribution is -2.03. The van der Waals surface area contributed by atoms with Crippen LogP contribution < -0.4 is 15.2 Å². The van der Waals surface area contributed by atoms with E-state index in [0.717, 1.165) is 10.4 Å². The zero-order valence-corrected chi connectivity index (χ0v) is 10.4. The number of thiazole rings is 1. The molecule has 90 valence electrons. The highest BCUT2D eigenvalue weighted by molar-refractivity contribution is 7.09. The van der Waals surface area contributed by atoms with E-state index in [1.807, 2.05) is 18.2 Å². The van der Waals surface area contributed by atoms with Gasteiger partial charge in [0.25, 0.3) is 0 Å². The summed E-state index contributed by atoms with van der Waals surface area (Å²) in [5.74, 6) is 1.42. The number of rotatable bonds is 5. The van der Waals surface area contributed by atoms with Crippen LogP contribution >= 0.6 is 11.3 Å². The second-order valence-electron chi connectivity index (χ2n) is 3.41. The molecule has 1 heterocycles. The van der Waals surface area contributed by atoms with Gasteiger partial charge in [0.05, 0.1) is 17.5 Å². The molecule has 0 amide bonds. The first-order chi connectivity index (χ1) is 8.35.